The molecule has 0 spiro atoms. The first-order chi connectivity index (χ1) is 11.6. The van der Waals surface area contributed by atoms with Crippen LogP contribution < -0.4 is 0 Å². The number of aromatic nitrogens is 3. The van der Waals surface area contributed by atoms with E-state index in [-0.39, 0.29) is 11.9 Å². The van der Waals surface area contributed by atoms with Crippen molar-refractivity contribution in [3.05, 3.63) is 42.0 Å². The molecule has 0 saturated heterocycles. The number of rotatable bonds is 6. The molecule has 0 bridgehead atoms. The molecule has 1 fully saturated rings. The Hall–Kier alpha value is -2.68. The predicted molar refractivity (Wildman–Crippen MR) is 89.5 cm³/mol. The summed E-state index contributed by atoms with van der Waals surface area (Å²) in [5.74, 6) is 0.570. The van der Waals surface area contributed by atoms with E-state index in [0.29, 0.717) is 24.4 Å². The lowest BCUT2D eigenvalue weighted by Crippen LogP contribution is -2.40. The van der Waals surface area contributed by atoms with Crippen LogP contribution in [0.15, 0.2) is 30.9 Å². The summed E-state index contributed by atoms with van der Waals surface area (Å²) in [5, 5.41) is 13.0. The van der Waals surface area contributed by atoms with Gasteiger partial charge in [0.2, 0.25) is 0 Å². The summed E-state index contributed by atoms with van der Waals surface area (Å²) in [6.07, 6.45) is 5.82. The van der Waals surface area contributed by atoms with Crippen LogP contribution in [0.3, 0.4) is 0 Å². The number of carbonyl (C=O) groups excluding carboxylic acids is 1. The van der Waals surface area contributed by atoms with Crippen LogP contribution in [0.1, 0.15) is 42.1 Å². The molecular formula is C18H21N5O. The van der Waals surface area contributed by atoms with Gasteiger partial charge in [-0.25, -0.2) is 9.67 Å². The van der Waals surface area contributed by atoms with E-state index in [1.807, 2.05) is 30.0 Å². The molecule has 1 saturated carbocycles. The van der Waals surface area contributed by atoms with Crippen molar-refractivity contribution in [2.45, 2.75) is 39.2 Å². The molecule has 1 aromatic heterocycles. The quantitative estimate of drug-likeness (QED) is 0.819. The van der Waals surface area contributed by atoms with E-state index < -0.39 is 0 Å². The number of benzene rings is 1. The van der Waals surface area contributed by atoms with Crippen LogP contribution in [0.25, 0.3) is 5.69 Å². The Morgan fingerprint density at radius 1 is 1.50 bits per heavy atom. The maximum Gasteiger partial charge on any atom is 0.254 e. The maximum atomic E-state index is 13.0. The highest BCUT2D eigenvalue weighted by Gasteiger charge is 2.34. The lowest BCUT2D eigenvalue weighted by atomic mass is 10.1. The van der Waals surface area contributed by atoms with Crippen molar-refractivity contribution in [3.8, 4) is 11.8 Å². The largest absolute Gasteiger partial charge is 0.335 e. The van der Waals surface area contributed by atoms with Crippen LogP contribution in [-0.4, -0.2) is 38.2 Å². The fraction of sp³-hybridized carbons (Fsp3) is 0.444. The van der Waals surface area contributed by atoms with E-state index in [0.717, 1.165) is 11.3 Å². The van der Waals surface area contributed by atoms with Gasteiger partial charge in [-0.05, 0) is 56.4 Å². The normalized spacial score (nSPS) is 14.9. The predicted octanol–water partition coefficient (Wildman–Crippen LogP) is 2.73. The topological polar surface area (TPSA) is 74.8 Å². The van der Waals surface area contributed by atoms with Gasteiger partial charge in [-0.15, -0.1) is 0 Å². The van der Waals surface area contributed by atoms with Crippen LogP contribution in [0.5, 0.6) is 0 Å². The summed E-state index contributed by atoms with van der Waals surface area (Å²) in [4.78, 5) is 18.8. The molecule has 1 unspecified atom stereocenters. The van der Waals surface area contributed by atoms with Crippen LogP contribution in [0.2, 0.25) is 0 Å². The van der Waals surface area contributed by atoms with Gasteiger partial charge < -0.3 is 4.90 Å². The van der Waals surface area contributed by atoms with Gasteiger partial charge in [-0.3, -0.25) is 4.79 Å². The molecule has 2 aromatic rings. The van der Waals surface area contributed by atoms with E-state index in [9.17, 15) is 4.79 Å². The average molecular weight is 323 g/mol. The van der Waals surface area contributed by atoms with Gasteiger partial charge in [-0.2, -0.15) is 10.4 Å². The van der Waals surface area contributed by atoms with Gasteiger partial charge in [0, 0.05) is 18.2 Å². The number of amides is 1. The number of nitriles is 1. The lowest BCUT2D eigenvalue weighted by molar-refractivity contribution is 0.0676. The Kier molecular flexibility index (Phi) is 4.61. The highest BCUT2D eigenvalue weighted by Crippen LogP contribution is 2.35. The van der Waals surface area contributed by atoms with E-state index in [4.69, 9.17) is 5.26 Å². The fourth-order valence-corrected chi connectivity index (χ4v) is 3.04. The zero-order valence-corrected chi connectivity index (χ0v) is 14.0. The molecule has 1 aromatic carbocycles. The van der Waals surface area contributed by atoms with Crippen LogP contribution in [0, 0.1) is 24.2 Å². The summed E-state index contributed by atoms with van der Waals surface area (Å²) in [5.41, 5.74) is 2.52. The highest BCUT2D eigenvalue weighted by atomic mass is 16.2. The molecule has 124 valence electrons. The molecular weight excluding hydrogens is 302 g/mol. The van der Waals surface area contributed by atoms with E-state index in [1.54, 1.807) is 11.0 Å². The van der Waals surface area contributed by atoms with Gasteiger partial charge in [0.25, 0.3) is 5.91 Å². The molecule has 1 aliphatic carbocycles. The first kappa shape index (κ1) is 16.2. The molecule has 6 nitrogen and oxygen atoms in total. The van der Waals surface area contributed by atoms with E-state index in [1.165, 1.54) is 19.2 Å². The monoisotopic (exact) mass is 323 g/mol. The fourth-order valence-electron chi connectivity index (χ4n) is 3.04. The first-order valence-electron chi connectivity index (χ1n) is 8.25. The Labute approximate surface area is 141 Å². The molecule has 1 aliphatic rings. The van der Waals surface area contributed by atoms with Crippen molar-refractivity contribution in [1.29, 1.82) is 5.26 Å². The van der Waals surface area contributed by atoms with Crippen LogP contribution in [0.4, 0.5) is 0 Å². The third-order valence-corrected chi connectivity index (χ3v) is 4.63. The molecule has 1 atom stereocenters. The van der Waals surface area contributed by atoms with Gasteiger partial charge in [0.05, 0.1) is 18.2 Å². The van der Waals surface area contributed by atoms with E-state index >= 15 is 0 Å². The molecule has 0 aliphatic heterocycles. The standard InChI is InChI=1S/C18H21N5O/c1-13-10-16(6-7-17(13)23-12-20-11-21-23)18(24)22(9-3-8-19)14(2)15-4-5-15/h6-7,10-12,14-15H,3-5,9H2,1-2H3. The van der Waals surface area contributed by atoms with Crippen LogP contribution in [-0.2, 0) is 0 Å². The molecule has 1 amide bonds. The van der Waals surface area contributed by atoms with Crippen molar-refractivity contribution < 1.29 is 4.79 Å². The van der Waals surface area contributed by atoms with Gasteiger partial charge in [0.15, 0.2) is 0 Å². The van der Waals surface area contributed by atoms with Gasteiger partial charge in [-0.1, -0.05) is 0 Å². The number of hydrogen-bond acceptors (Lipinski definition) is 4. The smallest absolute Gasteiger partial charge is 0.254 e. The first-order valence-corrected chi connectivity index (χ1v) is 8.25. The molecule has 6 heteroatoms. The Balaban J connectivity index is 1.84. The number of nitrogens with zero attached hydrogens (tertiary/aromatic N) is 5. The lowest BCUT2D eigenvalue weighted by Gasteiger charge is -2.29. The molecule has 0 radical (unpaired) electrons. The van der Waals surface area contributed by atoms with Crippen molar-refractivity contribution in [2.24, 2.45) is 5.92 Å². The highest BCUT2D eigenvalue weighted by molar-refractivity contribution is 5.95. The summed E-state index contributed by atoms with van der Waals surface area (Å²) in [6.45, 7) is 4.53. The summed E-state index contributed by atoms with van der Waals surface area (Å²) < 4.78 is 1.68. The van der Waals surface area contributed by atoms with Gasteiger partial charge >= 0.3 is 0 Å². The minimum absolute atomic E-state index is 0.00195. The summed E-state index contributed by atoms with van der Waals surface area (Å²) in [7, 11) is 0. The van der Waals surface area contributed by atoms with Crippen molar-refractivity contribution in [2.75, 3.05) is 6.54 Å². The number of carbonyl (C=O) groups is 1. The minimum Gasteiger partial charge on any atom is -0.335 e. The minimum atomic E-state index is -0.00195. The molecule has 3 rings (SSSR count). The second-order valence-electron chi connectivity index (χ2n) is 6.33. The average Bonchev–Trinajstić information content (AvgIpc) is 3.30. The Bertz CT molecular complexity index is 758. The van der Waals surface area contributed by atoms with Crippen molar-refractivity contribution >= 4 is 5.91 Å². The number of hydrogen-bond donors (Lipinski definition) is 0. The molecule has 1 heterocycles. The Morgan fingerprint density at radius 3 is 2.88 bits per heavy atom. The zero-order valence-electron chi connectivity index (χ0n) is 14.0. The summed E-state index contributed by atoms with van der Waals surface area (Å²) >= 11 is 0. The second-order valence-corrected chi connectivity index (χ2v) is 6.33. The Morgan fingerprint density at radius 2 is 2.29 bits per heavy atom. The van der Waals surface area contributed by atoms with Gasteiger partial charge in [0.1, 0.15) is 12.7 Å². The van der Waals surface area contributed by atoms with Crippen molar-refractivity contribution in [3.63, 3.8) is 0 Å². The SMILES string of the molecule is Cc1cc(C(=O)N(CCC#N)C(C)C2CC2)ccc1-n1cncn1. The summed E-state index contributed by atoms with van der Waals surface area (Å²) in [6, 6.07) is 7.93. The third-order valence-electron chi connectivity index (χ3n) is 4.63. The van der Waals surface area contributed by atoms with E-state index in [2.05, 4.69) is 23.1 Å². The molecule has 24 heavy (non-hydrogen) atoms. The van der Waals surface area contributed by atoms with Crippen LogP contribution >= 0.6 is 0 Å². The number of aryl methyl sites for hydroxylation is 1. The zero-order chi connectivity index (χ0) is 17.1. The van der Waals surface area contributed by atoms with Crippen molar-refractivity contribution in [1.82, 2.24) is 19.7 Å². The maximum absolute atomic E-state index is 13.0. The second kappa shape index (κ2) is 6.83. The third kappa shape index (κ3) is 3.30. The molecule has 0 N–H and O–H groups in total.